The average Bonchev–Trinajstić information content (AvgIpc) is 3.09. The fourth-order valence-corrected chi connectivity index (χ4v) is 2.97. The molecule has 3 rings (SSSR count). The van der Waals surface area contributed by atoms with E-state index >= 15 is 0 Å². The third-order valence-electron chi connectivity index (χ3n) is 4.33. The number of anilines is 3. The molecular formula is C19H22N4O. The first-order valence-corrected chi connectivity index (χ1v) is 8.06. The molecule has 1 aliphatic heterocycles. The molecule has 2 aromatic carbocycles. The second-order valence-electron chi connectivity index (χ2n) is 6.05. The van der Waals surface area contributed by atoms with Crippen molar-refractivity contribution in [2.75, 3.05) is 29.5 Å². The van der Waals surface area contributed by atoms with E-state index in [9.17, 15) is 4.79 Å². The van der Waals surface area contributed by atoms with Crippen LogP contribution in [0.3, 0.4) is 0 Å². The second kappa shape index (κ2) is 6.66. The number of nitrogens with zero attached hydrogens (tertiary/aromatic N) is 1. The number of hydrogen-bond acceptors (Lipinski definition) is 4. The normalized spacial score (nSPS) is 14.8. The Morgan fingerprint density at radius 2 is 1.67 bits per heavy atom. The summed E-state index contributed by atoms with van der Waals surface area (Å²) in [6.07, 6.45) is 4.16. The Morgan fingerprint density at radius 1 is 1.00 bits per heavy atom. The van der Waals surface area contributed by atoms with E-state index in [1.54, 1.807) is 30.3 Å². The predicted octanol–water partition coefficient (Wildman–Crippen LogP) is 2.48. The third kappa shape index (κ3) is 3.35. The molecule has 1 saturated heterocycles. The van der Waals surface area contributed by atoms with E-state index < -0.39 is 5.91 Å². The monoisotopic (exact) mass is 322 g/mol. The van der Waals surface area contributed by atoms with Crippen LogP contribution in [0.4, 0.5) is 17.1 Å². The lowest BCUT2D eigenvalue weighted by molar-refractivity contribution is -0.112. The van der Waals surface area contributed by atoms with E-state index in [-0.39, 0.29) is 0 Å². The molecule has 1 amide bonds. The lowest BCUT2D eigenvalue weighted by Gasteiger charge is -2.19. The minimum absolute atomic E-state index is 0.417. The highest BCUT2D eigenvalue weighted by molar-refractivity contribution is 6.23. The van der Waals surface area contributed by atoms with Gasteiger partial charge in [0.2, 0.25) is 5.91 Å². The predicted molar refractivity (Wildman–Crippen MR) is 100 cm³/mol. The van der Waals surface area contributed by atoms with Crippen molar-refractivity contribution in [3.63, 3.8) is 0 Å². The first-order valence-electron chi connectivity index (χ1n) is 8.06. The first-order chi connectivity index (χ1) is 11.5. The summed E-state index contributed by atoms with van der Waals surface area (Å²) < 4.78 is 0. The summed E-state index contributed by atoms with van der Waals surface area (Å²) in [5.74, 6) is -0.495. The van der Waals surface area contributed by atoms with Crippen LogP contribution in [0.25, 0.3) is 11.6 Å². The molecule has 0 atom stereocenters. The smallest absolute Gasteiger partial charge is 0.249 e. The highest BCUT2D eigenvalue weighted by Gasteiger charge is 2.14. The summed E-state index contributed by atoms with van der Waals surface area (Å²) in [5, 5.41) is 0. The molecule has 1 fully saturated rings. The summed E-state index contributed by atoms with van der Waals surface area (Å²) in [6.45, 7) is 2.10. The van der Waals surface area contributed by atoms with Crippen molar-refractivity contribution >= 4 is 34.6 Å². The number of carbonyl (C=O) groups excluding carboxylic acids is 1. The van der Waals surface area contributed by atoms with Crippen molar-refractivity contribution in [3.05, 3.63) is 53.6 Å². The molecule has 6 N–H and O–H groups in total. The number of benzene rings is 2. The standard InChI is InChI=1S/C19H22N4O/c20-15-5-3-13(4-6-15)17(19(22)24)12-14-11-16(7-8-18(14)21)23-9-1-2-10-23/h3-8,11-12H,1-2,9-10,20-21H2,(H2,22,24). The molecule has 0 aliphatic carbocycles. The minimum Gasteiger partial charge on any atom is -0.399 e. The summed E-state index contributed by atoms with van der Waals surface area (Å²) >= 11 is 0. The van der Waals surface area contributed by atoms with Gasteiger partial charge >= 0.3 is 0 Å². The summed E-state index contributed by atoms with van der Waals surface area (Å²) in [6, 6.07) is 13.0. The van der Waals surface area contributed by atoms with Crippen LogP contribution >= 0.6 is 0 Å². The zero-order valence-corrected chi connectivity index (χ0v) is 13.5. The van der Waals surface area contributed by atoms with Crippen molar-refractivity contribution < 1.29 is 4.79 Å². The van der Waals surface area contributed by atoms with Crippen LogP contribution in [-0.4, -0.2) is 19.0 Å². The number of carbonyl (C=O) groups is 1. The summed E-state index contributed by atoms with van der Waals surface area (Å²) in [5.41, 5.74) is 21.7. The Morgan fingerprint density at radius 3 is 2.29 bits per heavy atom. The van der Waals surface area contributed by atoms with Gasteiger partial charge in [-0.2, -0.15) is 0 Å². The van der Waals surface area contributed by atoms with Gasteiger partial charge in [-0.25, -0.2) is 0 Å². The van der Waals surface area contributed by atoms with Gasteiger partial charge in [-0.1, -0.05) is 12.1 Å². The molecule has 124 valence electrons. The van der Waals surface area contributed by atoms with Gasteiger partial charge in [-0.3, -0.25) is 4.79 Å². The molecule has 0 radical (unpaired) electrons. The van der Waals surface area contributed by atoms with E-state index in [0.29, 0.717) is 16.9 Å². The lowest BCUT2D eigenvalue weighted by Crippen LogP contribution is -2.17. The number of primary amides is 1. The van der Waals surface area contributed by atoms with Crippen molar-refractivity contribution in [2.24, 2.45) is 5.73 Å². The quantitative estimate of drug-likeness (QED) is 0.457. The Labute approximate surface area is 141 Å². The van der Waals surface area contributed by atoms with Crippen LogP contribution in [0.2, 0.25) is 0 Å². The highest BCUT2D eigenvalue weighted by Crippen LogP contribution is 2.28. The van der Waals surface area contributed by atoms with Gasteiger partial charge in [-0.05, 0) is 54.8 Å². The number of nitrogen functional groups attached to an aromatic ring is 2. The van der Waals surface area contributed by atoms with Crippen molar-refractivity contribution in [1.29, 1.82) is 0 Å². The molecule has 1 heterocycles. The maximum atomic E-state index is 11.9. The van der Waals surface area contributed by atoms with Crippen LogP contribution < -0.4 is 22.1 Å². The molecule has 0 saturated carbocycles. The van der Waals surface area contributed by atoms with Gasteiger partial charge in [0.1, 0.15) is 0 Å². The molecule has 0 bridgehead atoms. The zero-order chi connectivity index (χ0) is 17.1. The number of hydrogen-bond donors (Lipinski definition) is 3. The van der Waals surface area contributed by atoms with E-state index in [1.165, 1.54) is 12.8 Å². The average molecular weight is 322 g/mol. The van der Waals surface area contributed by atoms with E-state index in [1.807, 2.05) is 18.2 Å². The summed E-state index contributed by atoms with van der Waals surface area (Å²) in [4.78, 5) is 14.2. The number of rotatable bonds is 4. The Bertz CT molecular complexity index is 774. The summed E-state index contributed by atoms with van der Waals surface area (Å²) in [7, 11) is 0. The largest absolute Gasteiger partial charge is 0.399 e. The third-order valence-corrected chi connectivity index (χ3v) is 4.33. The van der Waals surface area contributed by atoms with Gasteiger partial charge in [-0.15, -0.1) is 0 Å². The fourth-order valence-electron chi connectivity index (χ4n) is 2.97. The topological polar surface area (TPSA) is 98.4 Å². The van der Waals surface area contributed by atoms with Crippen molar-refractivity contribution in [1.82, 2.24) is 0 Å². The molecule has 5 nitrogen and oxygen atoms in total. The van der Waals surface area contributed by atoms with Gasteiger partial charge in [0.05, 0.1) is 0 Å². The molecule has 2 aromatic rings. The van der Waals surface area contributed by atoms with Crippen molar-refractivity contribution in [3.8, 4) is 0 Å². The van der Waals surface area contributed by atoms with E-state index in [0.717, 1.165) is 29.9 Å². The Hall–Kier alpha value is -2.95. The van der Waals surface area contributed by atoms with Gasteiger partial charge in [0.25, 0.3) is 0 Å². The molecule has 5 heteroatoms. The van der Waals surface area contributed by atoms with Gasteiger partial charge < -0.3 is 22.1 Å². The molecule has 1 aliphatic rings. The van der Waals surface area contributed by atoms with Crippen LogP contribution in [0.1, 0.15) is 24.0 Å². The maximum absolute atomic E-state index is 11.9. The van der Waals surface area contributed by atoms with Gasteiger partial charge in [0, 0.05) is 41.3 Å². The molecule has 0 spiro atoms. The SMILES string of the molecule is NC(=O)C(=Cc1cc(N2CCCC2)ccc1N)c1ccc(N)cc1. The maximum Gasteiger partial charge on any atom is 0.249 e. The first kappa shape index (κ1) is 15.9. The van der Waals surface area contributed by atoms with E-state index in [4.69, 9.17) is 17.2 Å². The fraction of sp³-hybridized carbons (Fsp3) is 0.211. The minimum atomic E-state index is -0.495. The van der Waals surface area contributed by atoms with Crippen LogP contribution in [0.15, 0.2) is 42.5 Å². The highest BCUT2D eigenvalue weighted by atomic mass is 16.1. The van der Waals surface area contributed by atoms with Crippen molar-refractivity contribution in [2.45, 2.75) is 12.8 Å². The Balaban J connectivity index is 2.01. The molecule has 0 aromatic heterocycles. The number of amides is 1. The molecular weight excluding hydrogens is 300 g/mol. The Kier molecular flexibility index (Phi) is 4.42. The number of nitrogens with two attached hydrogens (primary N) is 3. The van der Waals surface area contributed by atoms with Crippen LogP contribution in [-0.2, 0) is 4.79 Å². The lowest BCUT2D eigenvalue weighted by atomic mass is 10.0. The zero-order valence-electron chi connectivity index (χ0n) is 13.5. The van der Waals surface area contributed by atoms with Crippen LogP contribution in [0.5, 0.6) is 0 Å². The van der Waals surface area contributed by atoms with Crippen LogP contribution in [0, 0.1) is 0 Å². The van der Waals surface area contributed by atoms with E-state index in [2.05, 4.69) is 4.90 Å². The molecule has 0 unspecified atom stereocenters. The van der Waals surface area contributed by atoms with Gasteiger partial charge in [0.15, 0.2) is 0 Å². The second-order valence-corrected chi connectivity index (χ2v) is 6.05. The molecule has 24 heavy (non-hydrogen) atoms.